The van der Waals surface area contributed by atoms with Gasteiger partial charge in [0.05, 0.1) is 24.8 Å². The van der Waals surface area contributed by atoms with Gasteiger partial charge in [-0.1, -0.05) is 20.8 Å². The summed E-state index contributed by atoms with van der Waals surface area (Å²) in [4.78, 5) is 50.9. The van der Waals surface area contributed by atoms with Crippen molar-refractivity contribution in [1.29, 1.82) is 0 Å². The molecule has 10 heteroatoms. The third kappa shape index (κ3) is 8.22. The number of rotatable bonds is 8. The van der Waals surface area contributed by atoms with Crippen LogP contribution in [0.4, 0.5) is 0 Å². The number of morpholine rings is 1. The van der Waals surface area contributed by atoms with Crippen LogP contribution in [0.25, 0.3) is 0 Å². The molecular formula is C29H46N6O4. The largest absolute Gasteiger partial charge is 0.379 e. The molecule has 2 saturated heterocycles. The van der Waals surface area contributed by atoms with Crippen LogP contribution < -0.4 is 11.1 Å². The fourth-order valence-corrected chi connectivity index (χ4v) is 5.87. The molecule has 0 spiro atoms. The summed E-state index contributed by atoms with van der Waals surface area (Å²) < 4.78 is 5.49. The first-order valence-electron chi connectivity index (χ1n) is 14.5. The van der Waals surface area contributed by atoms with Crippen molar-refractivity contribution in [1.82, 2.24) is 25.0 Å². The highest BCUT2D eigenvalue weighted by atomic mass is 16.5. The first-order valence-corrected chi connectivity index (χ1v) is 14.5. The Balaban J connectivity index is 1.54. The predicted octanol–water partition coefficient (Wildman–Crippen LogP) is 1.65. The molecule has 0 bridgehead atoms. The van der Waals surface area contributed by atoms with Crippen LogP contribution >= 0.6 is 0 Å². The van der Waals surface area contributed by atoms with E-state index >= 15 is 0 Å². The van der Waals surface area contributed by atoms with E-state index in [0.29, 0.717) is 44.7 Å². The lowest BCUT2D eigenvalue weighted by Gasteiger charge is -2.34. The average Bonchev–Trinajstić information content (AvgIpc) is 3.35. The van der Waals surface area contributed by atoms with Crippen LogP contribution in [0.1, 0.15) is 69.7 Å². The van der Waals surface area contributed by atoms with E-state index in [1.807, 2.05) is 4.90 Å². The number of likely N-dealkylation sites (tertiary alicyclic amines) is 1. The standard InChI is InChI=1S/C29H46N6O4/c1-29(2,3)18-26(36)34(12-11-33-13-15-39-16-14-33)24-17-25(27(37)32-23-8-6-22(30)7-9-23)35(20-24)28(38)21-5-4-10-31-19-21/h4-5,10,19,22-25H,6-9,11-18,20,30H2,1-3H3,(H,32,37). The number of ether oxygens (including phenoxy) is 1. The van der Waals surface area contributed by atoms with Crippen molar-refractivity contribution < 1.29 is 19.1 Å². The van der Waals surface area contributed by atoms with E-state index in [1.54, 1.807) is 23.2 Å². The lowest BCUT2D eigenvalue weighted by Crippen LogP contribution is -2.50. The van der Waals surface area contributed by atoms with Gasteiger partial charge in [-0.15, -0.1) is 0 Å². The zero-order valence-corrected chi connectivity index (χ0v) is 23.8. The zero-order valence-electron chi connectivity index (χ0n) is 23.8. The maximum Gasteiger partial charge on any atom is 0.256 e. The molecule has 3 aliphatic rings. The van der Waals surface area contributed by atoms with Crippen molar-refractivity contribution in [2.24, 2.45) is 11.1 Å². The number of pyridine rings is 1. The molecule has 216 valence electrons. The second kappa shape index (κ2) is 13.2. The quantitative estimate of drug-likeness (QED) is 0.512. The van der Waals surface area contributed by atoms with Gasteiger partial charge in [-0.3, -0.25) is 24.3 Å². The molecule has 1 aliphatic carbocycles. The SMILES string of the molecule is CC(C)(C)CC(=O)N(CCN1CCOCC1)C1CC(C(=O)NC2CCC(N)CC2)N(C(=O)c2cccnc2)C1. The van der Waals surface area contributed by atoms with E-state index in [4.69, 9.17) is 10.5 Å². The Morgan fingerprint density at radius 2 is 1.87 bits per heavy atom. The average molecular weight is 543 g/mol. The van der Waals surface area contributed by atoms with E-state index in [-0.39, 0.29) is 41.3 Å². The van der Waals surface area contributed by atoms with E-state index in [9.17, 15) is 14.4 Å². The molecule has 0 radical (unpaired) electrons. The van der Waals surface area contributed by atoms with E-state index in [1.165, 1.54) is 6.20 Å². The third-order valence-electron chi connectivity index (χ3n) is 8.07. The molecule has 0 aromatic carbocycles. The Labute approximate surface area is 232 Å². The minimum Gasteiger partial charge on any atom is -0.379 e. The van der Waals surface area contributed by atoms with Gasteiger partial charge in [0.25, 0.3) is 5.91 Å². The molecule has 4 rings (SSSR count). The molecule has 3 fully saturated rings. The summed E-state index contributed by atoms with van der Waals surface area (Å²) in [5.41, 5.74) is 6.34. The number of nitrogens with zero attached hydrogens (tertiary/aromatic N) is 4. The molecule has 1 saturated carbocycles. The van der Waals surface area contributed by atoms with Gasteiger partial charge in [0.15, 0.2) is 0 Å². The number of nitrogens with one attached hydrogen (secondary N) is 1. The molecule has 2 atom stereocenters. The van der Waals surface area contributed by atoms with Gasteiger partial charge in [0.2, 0.25) is 11.8 Å². The molecule has 1 aromatic heterocycles. The van der Waals surface area contributed by atoms with Gasteiger partial charge in [0, 0.05) is 63.6 Å². The van der Waals surface area contributed by atoms with Gasteiger partial charge in [0.1, 0.15) is 6.04 Å². The summed E-state index contributed by atoms with van der Waals surface area (Å²) in [7, 11) is 0. The molecule has 3 amide bonds. The Kier molecular flexibility index (Phi) is 9.96. The smallest absolute Gasteiger partial charge is 0.256 e. The Bertz CT molecular complexity index is 970. The summed E-state index contributed by atoms with van der Waals surface area (Å²) >= 11 is 0. The summed E-state index contributed by atoms with van der Waals surface area (Å²) in [6, 6.07) is 2.81. The highest BCUT2D eigenvalue weighted by Gasteiger charge is 2.44. The predicted molar refractivity (Wildman–Crippen MR) is 149 cm³/mol. The number of hydrogen-bond acceptors (Lipinski definition) is 7. The lowest BCUT2D eigenvalue weighted by molar-refractivity contribution is -0.136. The van der Waals surface area contributed by atoms with Crippen molar-refractivity contribution in [2.75, 3.05) is 45.9 Å². The second-order valence-electron chi connectivity index (χ2n) is 12.5. The Hall–Kier alpha value is -2.56. The van der Waals surface area contributed by atoms with Crippen LogP contribution in [-0.4, -0.2) is 108 Å². The van der Waals surface area contributed by atoms with Crippen molar-refractivity contribution >= 4 is 17.7 Å². The number of aromatic nitrogens is 1. The van der Waals surface area contributed by atoms with Crippen LogP contribution in [0, 0.1) is 5.41 Å². The Morgan fingerprint density at radius 1 is 1.15 bits per heavy atom. The number of carbonyl (C=O) groups excluding carboxylic acids is 3. The second-order valence-corrected chi connectivity index (χ2v) is 12.5. The van der Waals surface area contributed by atoms with Crippen molar-refractivity contribution in [3.63, 3.8) is 0 Å². The van der Waals surface area contributed by atoms with Crippen LogP contribution in [0.5, 0.6) is 0 Å². The molecule has 3 N–H and O–H groups in total. The first kappa shape index (κ1) is 29.4. The maximum absolute atomic E-state index is 13.6. The third-order valence-corrected chi connectivity index (χ3v) is 8.07. The van der Waals surface area contributed by atoms with Gasteiger partial charge in [-0.25, -0.2) is 0 Å². The van der Waals surface area contributed by atoms with Gasteiger partial charge in [-0.05, 0) is 49.7 Å². The van der Waals surface area contributed by atoms with Crippen LogP contribution in [0.15, 0.2) is 24.5 Å². The van der Waals surface area contributed by atoms with Crippen LogP contribution in [0.3, 0.4) is 0 Å². The van der Waals surface area contributed by atoms with E-state index in [2.05, 4.69) is 36.0 Å². The van der Waals surface area contributed by atoms with Gasteiger partial charge < -0.3 is 25.6 Å². The van der Waals surface area contributed by atoms with E-state index in [0.717, 1.165) is 45.3 Å². The zero-order chi connectivity index (χ0) is 28.0. The van der Waals surface area contributed by atoms with Crippen molar-refractivity contribution in [3.05, 3.63) is 30.1 Å². The molecule has 2 aliphatic heterocycles. The first-order chi connectivity index (χ1) is 18.6. The summed E-state index contributed by atoms with van der Waals surface area (Å²) in [5.74, 6) is -0.309. The van der Waals surface area contributed by atoms with Crippen molar-refractivity contribution in [2.45, 2.75) is 83.5 Å². The molecule has 3 heterocycles. The highest BCUT2D eigenvalue weighted by Crippen LogP contribution is 2.28. The lowest BCUT2D eigenvalue weighted by atomic mass is 9.91. The summed E-state index contributed by atoms with van der Waals surface area (Å²) in [6.07, 6.45) is 7.44. The summed E-state index contributed by atoms with van der Waals surface area (Å²) in [6.45, 7) is 10.9. The number of carbonyl (C=O) groups is 3. The Morgan fingerprint density at radius 3 is 2.51 bits per heavy atom. The maximum atomic E-state index is 13.6. The number of amides is 3. The minimum absolute atomic E-state index is 0.0617. The minimum atomic E-state index is -0.647. The molecule has 10 nitrogen and oxygen atoms in total. The van der Waals surface area contributed by atoms with Crippen molar-refractivity contribution in [3.8, 4) is 0 Å². The monoisotopic (exact) mass is 542 g/mol. The van der Waals surface area contributed by atoms with E-state index < -0.39 is 6.04 Å². The molecule has 2 unspecified atom stereocenters. The number of nitrogens with two attached hydrogens (primary N) is 1. The fourth-order valence-electron chi connectivity index (χ4n) is 5.87. The highest BCUT2D eigenvalue weighted by molar-refractivity contribution is 5.98. The number of hydrogen-bond donors (Lipinski definition) is 2. The van der Waals surface area contributed by atoms with Crippen LogP contribution in [0.2, 0.25) is 0 Å². The normalized spacial score (nSPS) is 26.3. The molecule has 1 aromatic rings. The molecule has 39 heavy (non-hydrogen) atoms. The summed E-state index contributed by atoms with van der Waals surface area (Å²) in [5, 5.41) is 3.20. The van der Waals surface area contributed by atoms with Gasteiger partial charge >= 0.3 is 0 Å². The fraction of sp³-hybridized carbons (Fsp3) is 0.724. The van der Waals surface area contributed by atoms with Crippen LogP contribution in [-0.2, 0) is 14.3 Å². The topological polar surface area (TPSA) is 121 Å². The molecular weight excluding hydrogens is 496 g/mol. The van der Waals surface area contributed by atoms with Gasteiger partial charge in [-0.2, -0.15) is 0 Å².